The van der Waals surface area contributed by atoms with Crippen LogP contribution in [0.5, 0.6) is 5.75 Å². The van der Waals surface area contributed by atoms with Crippen molar-refractivity contribution in [2.45, 2.75) is 67.1 Å². The maximum absolute atomic E-state index is 11.8. The molecule has 0 saturated heterocycles. The van der Waals surface area contributed by atoms with Crippen LogP contribution in [0.1, 0.15) is 79.7 Å². The van der Waals surface area contributed by atoms with Crippen LogP contribution in [0.25, 0.3) is 83.9 Å². The molecule has 0 saturated carbocycles. The third kappa shape index (κ3) is 8.58. The molecule has 2 aromatic heterocycles. The number of hydrogen-bond donors (Lipinski definition) is 1. The molecule has 4 nitrogen and oxygen atoms in total. The Morgan fingerprint density at radius 3 is 1.97 bits per heavy atom. The number of hydrogen-bond acceptors (Lipinski definition) is 3. The van der Waals surface area contributed by atoms with Crippen molar-refractivity contribution in [2.24, 2.45) is 0 Å². The van der Waals surface area contributed by atoms with Crippen LogP contribution in [0.3, 0.4) is 0 Å². The van der Waals surface area contributed by atoms with E-state index >= 15 is 0 Å². The molecule has 1 N–H and O–H groups in total. The van der Waals surface area contributed by atoms with Crippen molar-refractivity contribution in [2.75, 3.05) is 0 Å². The average Bonchev–Trinajstić information content (AvgIpc) is 3.69. The van der Waals surface area contributed by atoms with E-state index in [1.165, 1.54) is 5.56 Å². The number of para-hydroxylation sites is 1. The number of pyridine rings is 1. The molecular formula is C58H52N3OPt-. The fourth-order valence-electron chi connectivity index (χ4n) is 8.31. The molecule has 0 unspecified atom stereocenters. The van der Waals surface area contributed by atoms with Gasteiger partial charge in [0, 0.05) is 39.8 Å². The standard InChI is InChI=1S/C58H52N3O.Pt/c1-35(2)45-28-46(36(3)4)30-48(29-45)43-21-22-54(39(7)27-43)61-55-16-12-15-51(56(55)60-58(61)52-26-38(6)25-40(8)57(52)62)49-31-47(41-13-10-9-11-14-41)32-50(33-49)53-34-44(23-24-59-53)42-19-17-37(5)18-20-42;/h9-32,34-36,62H,1-8H3;/q-1;/i7D3,35D,36D;. The third-order valence-electron chi connectivity index (χ3n) is 11.7. The molecule has 9 rings (SSSR count). The first-order valence-electron chi connectivity index (χ1n) is 23.5. The van der Waals surface area contributed by atoms with E-state index in [2.05, 4.69) is 67.6 Å². The minimum absolute atomic E-state index is 0. The van der Waals surface area contributed by atoms with Crippen LogP contribution in [0.4, 0.5) is 0 Å². The zero-order chi connectivity index (χ0) is 47.6. The van der Waals surface area contributed by atoms with Crippen molar-refractivity contribution in [3.8, 4) is 78.6 Å². The maximum atomic E-state index is 11.8. The SMILES string of the molecule is [2H]C([2H])([2H])c1cc(-c2cc(C([2H])(C)C)cc(C([2H])(C)C)c2)ccc1-n1c(-c2cc(C)cc(C)c2O)nc2c(-c3[c-]c(-c4cc(-c5ccc(C)cc5)ccn4)cc(-c4ccccc4)c3)cccc21.[Pt]. The Morgan fingerprint density at radius 1 is 0.587 bits per heavy atom. The number of aryl methyl sites for hydroxylation is 4. The summed E-state index contributed by atoms with van der Waals surface area (Å²) in [6, 6.07) is 51.5. The van der Waals surface area contributed by atoms with Gasteiger partial charge >= 0.3 is 0 Å². The van der Waals surface area contributed by atoms with Gasteiger partial charge in [0.2, 0.25) is 0 Å². The van der Waals surface area contributed by atoms with Gasteiger partial charge < -0.3 is 5.11 Å². The average molecular weight is 1010 g/mol. The zero-order valence-corrected chi connectivity index (χ0v) is 38.8. The zero-order valence-electron chi connectivity index (χ0n) is 41.5. The number of phenols is 1. The Balaban J connectivity index is 0.00000625. The number of fused-ring (bicyclic) bond motifs is 1. The fourth-order valence-corrected chi connectivity index (χ4v) is 8.31. The van der Waals surface area contributed by atoms with Gasteiger partial charge in [-0.05, 0) is 125 Å². The van der Waals surface area contributed by atoms with E-state index in [1.807, 2.05) is 137 Å². The van der Waals surface area contributed by atoms with Crippen LogP contribution in [-0.4, -0.2) is 19.6 Å². The van der Waals surface area contributed by atoms with Gasteiger partial charge in [0.15, 0.2) is 0 Å². The van der Waals surface area contributed by atoms with Crippen LogP contribution in [0.2, 0.25) is 0 Å². The summed E-state index contributed by atoms with van der Waals surface area (Å²) >= 11 is 0. The van der Waals surface area contributed by atoms with Crippen molar-refractivity contribution in [1.29, 1.82) is 0 Å². The van der Waals surface area contributed by atoms with Gasteiger partial charge in [0.05, 0.1) is 22.3 Å². The summed E-state index contributed by atoms with van der Waals surface area (Å²) < 4.78 is 46.6. The molecule has 0 bridgehead atoms. The molecular weight excluding hydrogens is 950 g/mol. The number of imidazole rings is 1. The van der Waals surface area contributed by atoms with E-state index in [1.54, 1.807) is 6.07 Å². The summed E-state index contributed by atoms with van der Waals surface area (Å²) in [6.45, 7) is 10.5. The summed E-state index contributed by atoms with van der Waals surface area (Å²) in [5.74, 6) is -1.48. The molecule has 0 amide bonds. The van der Waals surface area contributed by atoms with Gasteiger partial charge in [-0.25, -0.2) is 4.98 Å². The summed E-state index contributed by atoms with van der Waals surface area (Å²) in [6.07, 6.45) is 1.83. The topological polar surface area (TPSA) is 50.9 Å². The predicted molar refractivity (Wildman–Crippen MR) is 259 cm³/mol. The first-order valence-corrected chi connectivity index (χ1v) is 21.0. The summed E-state index contributed by atoms with van der Waals surface area (Å²) in [5, 5.41) is 11.8. The Bertz CT molecular complexity index is 3310. The predicted octanol–water partition coefficient (Wildman–Crippen LogP) is 15.4. The molecule has 316 valence electrons. The van der Waals surface area contributed by atoms with Crippen molar-refractivity contribution >= 4 is 11.0 Å². The van der Waals surface area contributed by atoms with E-state index in [9.17, 15) is 5.11 Å². The third-order valence-corrected chi connectivity index (χ3v) is 11.7. The Morgan fingerprint density at radius 2 is 1.25 bits per heavy atom. The first-order chi connectivity index (χ1) is 31.7. The Labute approximate surface area is 393 Å². The second-order valence-electron chi connectivity index (χ2n) is 16.8. The van der Waals surface area contributed by atoms with E-state index in [-0.39, 0.29) is 32.4 Å². The quantitative estimate of drug-likeness (QED) is 0.147. The van der Waals surface area contributed by atoms with Gasteiger partial charge in [0.1, 0.15) is 11.6 Å². The van der Waals surface area contributed by atoms with E-state index in [0.717, 1.165) is 66.9 Å². The van der Waals surface area contributed by atoms with Crippen molar-refractivity contribution in [3.63, 3.8) is 0 Å². The molecule has 7 aromatic carbocycles. The Hall–Kier alpha value is -6.35. The summed E-state index contributed by atoms with van der Waals surface area (Å²) in [5.41, 5.74) is 14.9. The number of phenolic OH excluding ortho intramolecular Hbond substituents is 1. The van der Waals surface area contributed by atoms with Crippen LogP contribution in [0, 0.1) is 33.7 Å². The number of nitrogens with zero attached hydrogens (tertiary/aromatic N) is 3. The van der Waals surface area contributed by atoms with Gasteiger partial charge in [-0.15, -0.1) is 23.8 Å². The minimum atomic E-state index is -2.59. The molecule has 0 atom stereocenters. The monoisotopic (exact) mass is 1010 g/mol. The number of aromatic nitrogens is 3. The molecule has 0 aliphatic rings. The van der Waals surface area contributed by atoms with Crippen LogP contribution < -0.4 is 0 Å². The molecule has 0 fully saturated rings. The largest absolute Gasteiger partial charge is 0.507 e. The summed E-state index contributed by atoms with van der Waals surface area (Å²) in [7, 11) is 0. The van der Waals surface area contributed by atoms with Crippen LogP contribution in [0.15, 0.2) is 152 Å². The molecule has 0 aliphatic heterocycles. The number of benzene rings is 7. The smallest absolute Gasteiger partial charge is 0.148 e. The second-order valence-corrected chi connectivity index (χ2v) is 16.8. The van der Waals surface area contributed by atoms with Gasteiger partial charge in [0.25, 0.3) is 0 Å². The van der Waals surface area contributed by atoms with E-state index in [0.29, 0.717) is 39.2 Å². The van der Waals surface area contributed by atoms with Crippen molar-refractivity contribution < 1.29 is 33.0 Å². The van der Waals surface area contributed by atoms with Crippen molar-refractivity contribution in [3.05, 3.63) is 191 Å². The van der Waals surface area contributed by atoms with Crippen LogP contribution in [-0.2, 0) is 21.1 Å². The normalized spacial score (nSPS) is 13.1. The van der Waals surface area contributed by atoms with Gasteiger partial charge in [-0.2, -0.15) is 0 Å². The molecule has 0 radical (unpaired) electrons. The fraction of sp³-hybridized carbons (Fsp3) is 0.172. The number of aromatic hydroxyl groups is 1. The van der Waals surface area contributed by atoms with Crippen LogP contribution >= 0.6 is 0 Å². The first kappa shape index (κ1) is 37.2. The van der Waals surface area contributed by atoms with Gasteiger partial charge in [-0.3, -0.25) is 9.55 Å². The molecule has 9 aromatic rings. The molecule has 5 heteroatoms. The maximum Gasteiger partial charge on any atom is 0.148 e. The van der Waals surface area contributed by atoms with Crippen molar-refractivity contribution in [1.82, 2.24) is 14.5 Å². The second kappa shape index (κ2) is 17.8. The molecule has 0 aliphatic carbocycles. The van der Waals surface area contributed by atoms with Gasteiger partial charge in [-0.1, -0.05) is 153 Å². The molecule has 63 heavy (non-hydrogen) atoms. The minimum Gasteiger partial charge on any atom is -0.507 e. The number of rotatable bonds is 9. The van der Waals surface area contributed by atoms with E-state index in [4.69, 9.17) is 16.8 Å². The summed E-state index contributed by atoms with van der Waals surface area (Å²) in [4.78, 5) is 10.2. The molecule has 2 heterocycles. The molecule has 0 spiro atoms. The van der Waals surface area contributed by atoms with E-state index < -0.39 is 18.6 Å². The Kier molecular flexibility index (Phi) is 10.5.